The molecule has 5 rings (SSSR count). The van der Waals surface area contributed by atoms with Crippen molar-refractivity contribution in [2.45, 2.75) is 18.8 Å². The molecule has 0 spiro atoms. The fourth-order valence-corrected chi connectivity index (χ4v) is 4.24. The zero-order chi connectivity index (χ0) is 20.3. The number of hydrogen-bond acceptors (Lipinski definition) is 7. The van der Waals surface area contributed by atoms with Crippen molar-refractivity contribution in [3.63, 3.8) is 0 Å². The van der Waals surface area contributed by atoms with E-state index >= 15 is 0 Å². The summed E-state index contributed by atoms with van der Waals surface area (Å²) in [4.78, 5) is 21.3. The van der Waals surface area contributed by atoms with Crippen molar-refractivity contribution in [2.24, 2.45) is 0 Å². The molecule has 0 unspecified atom stereocenters. The molecule has 2 saturated heterocycles. The maximum absolute atomic E-state index is 12.8. The van der Waals surface area contributed by atoms with Crippen molar-refractivity contribution in [3.05, 3.63) is 42.4 Å². The van der Waals surface area contributed by atoms with Crippen LogP contribution in [-0.4, -0.2) is 76.8 Å². The van der Waals surface area contributed by atoms with Crippen LogP contribution < -0.4 is 0 Å². The van der Waals surface area contributed by atoms with Gasteiger partial charge in [0.15, 0.2) is 0 Å². The predicted octanol–water partition coefficient (Wildman–Crippen LogP) is 2.32. The van der Waals surface area contributed by atoms with E-state index in [-0.39, 0.29) is 11.8 Å². The number of carbonyl (C=O) groups excluding carboxylic acids is 1. The minimum atomic E-state index is 0.0589. The number of likely N-dealkylation sites (tertiary alicyclic amines) is 1. The van der Waals surface area contributed by atoms with Crippen LogP contribution in [0.5, 0.6) is 0 Å². The molecule has 0 radical (unpaired) electrons. The fourth-order valence-electron chi connectivity index (χ4n) is 4.24. The normalized spacial score (nSPS) is 20.5. The van der Waals surface area contributed by atoms with Gasteiger partial charge in [0.05, 0.1) is 25.7 Å². The Hall–Kier alpha value is -2.84. The topological polar surface area (TPSA) is 84.6 Å². The van der Waals surface area contributed by atoms with Crippen molar-refractivity contribution in [3.8, 4) is 11.6 Å². The Balaban J connectivity index is 1.30. The molecule has 1 aromatic carbocycles. The first-order valence-electron chi connectivity index (χ1n) is 10.5. The summed E-state index contributed by atoms with van der Waals surface area (Å²) in [6.45, 7) is 4.87. The van der Waals surface area contributed by atoms with Crippen molar-refractivity contribution < 1.29 is 13.9 Å². The molecule has 8 heteroatoms. The van der Waals surface area contributed by atoms with Crippen LogP contribution in [0, 0.1) is 0 Å². The Morgan fingerprint density at radius 3 is 2.87 bits per heavy atom. The highest BCUT2D eigenvalue weighted by Gasteiger charge is 2.29. The molecule has 3 aromatic rings. The number of morpholine rings is 1. The van der Waals surface area contributed by atoms with Gasteiger partial charge in [0, 0.05) is 37.8 Å². The van der Waals surface area contributed by atoms with Gasteiger partial charge in [-0.2, -0.15) is 0 Å². The Kier molecular flexibility index (Phi) is 5.42. The summed E-state index contributed by atoms with van der Waals surface area (Å²) in [6, 6.07) is 9.99. The van der Waals surface area contributed by atoms with Crippen LogP contribution in [0.4, 0.5) is 0 Å². The molecule has 0 aliphatic carbocycles. The van der Waals surface area contributed by atoms with Crippen molar-refractivity contribution >= 4 is 16.7 Å². The molecule has 2 aliphatic rings. The second kappa shape index (κ2) is 8.49. The molecule has 2 aromatic heterocycles. The van der Waals surface area contributed by atoms with Crippen LogP contribution in [0.15, 0.2) is 40.9 Å². The molecule has 0 N–H and O–H groups in total. The zero-order valence-electron chi connectivity index (χ0n) is 16.9. The molecule has 4 heterocycles. The number of benzene rings is 1. The third kappa shape index (κ3) is 3.93. The number of aromatic nitrogens is 3. The van der Waals surface area contributed by atoms with Gasteiger partial charge in [-0.3, -0.25) is 14.7 Å². The molecule has 30 heavy (non-hydrogen) atoms. The van der Waals surface area contributed by atoms with E-state index in [1.54, 1.807) is 6.20 Å². The number of rotatable bonds is 4. The fraction of sp³-hybridized carbons (Fsp3) is 0.455. The highest BCUT2D eigenvalue weighted by atomic mass is 16.5. The van der Waals surface area contributed by atoms with Gasteiger partial charge in [-0.05, 0) is 24.3 Å². The van der Waals surface area contributed by atoms with Crippen LogP contribution in [0.25, 0.3) is 22.4 Å². The summed E-state index contributed by atoms with van der Waals surface area (Å²) < 4.78 is 11.4. The first-order valence-corrected chi connectivity index (χ1v) is 10.5. The Morgan fingerprint density at radius 2 is 1.97 bits per heavy atom. The quantitative estimate of drug-likeness (QED) is 0.656. The Labute approximate surface area is 174 Å². The van der Waals surface area contributed by atoms with E-state index < -0.39 is 0 Å². The van der Waals surface area contributed by atoms with E-state index in [0.717, 1.165) is 43.2 Å². The van der Waals surface area contributed by atoms with Crippen LogP contribution in [-0.2, 0) is 9.53 Å². The standard InChI is InChI=1S/C22H25N5O3/c28-19(15-26-10-12-29-13-11-26)27-9-3-5-17(14-27)21-24-25-22(30-21)20-18-6-2-1-4-16(18)7-8-23-20/h1-2,4,6-8,17H,3,5,9-15H2/t17-/m0/s1. The molecule has 0 saturated carbocycles. The first kappa shape index (κ1) is 19.1. The smallest absolute Gasteiger partial charge is 0.266 e. The molecule has 8 nitrogen and oxygen atoms in total. The second-order valence-corrected chi connectivity index (χ2v) is 7.89. The summed E-state index contributed by atoms with van der Waals surface area (Å²) in [7, 11) is 0. The van der Waals surface area contributed by atoms with Crippen molar-refractivity contribution in [1.82, 2.24) is 25.0 Å². The zero-order valence-corrected chi connectivity index (χ0v) is 16.9. The SMILES string of the molecule is O=C(CN1CCOCC1)N1CCC[C@H](c2nnc(-c3nccc4ccccc34)o2)C1. The van der Waals surface area contributed by atoms with Crippen LogP contribution in [0.3, 0.4) is 0 Å². The molecule has 1 atom stereocenters. The average Bonchev–Trinajstić information content (AvgIpc) is 3.30. The van der Waals surface area contributed by atoms with Gasteiger partial charge in [-0.1, -0.05) is 24.3 Å². The molecule has 156 valence electrons. The number of fused-ring (bicyclic) bond motifs is 1. The molecule has 2 aliphatic heterocycles. The van der Waals surface area contributed by atoms with Gasteiger partial charge in [-0.25, -0.2) is 0 Å². The molecular formula is C22H25N5O3. The van der Waals surface area contributed by atoms with Crippen LogP contribution >= 0.6 is 0 Å². The molecular weight excluding hydrogens is 382 g/mol. The number of amides is 1. The van der Waals surface area contributed by atoms with E-state index in [9.17, 15) is 4.79 Å². The molecule has 2 fully saturated rings. The number of piperidine rings is 1. The van der Waals surface area contributed by atoms with Crippen LogP contribution in [0.1, 0.15) is 24.7 Å². The molecule has 1 amide bonds. The van der Waals surface area contributed by atoms with Gasteiger partial charge in [0.2, 0.25) is 11.8 Å². The van der Waals surface area contributed by atoms with E-state index in [0.29, 0.717) is 43.8 Å². The van der Waals surface area contributed by atoms with Gasteiger partial charge in [0.1, 0.15) is 5.69 Å². The first-order chi connectivity index (χ1) is 14.8. The summed E-state index contributed by atoms with van der Waals surface area (Å²) in [5.41, 5.74) is 0.697. The number of hydrogen-bond donors (Lipinski definition) is 0. The minimum Gasteiger partial charge on any atom is -0.419 e. The summed E-state index contributed by atoms with van der Waals surface area (Å²) in [5, 5.41) is 10.7. The van der Waals surface area contributed by atoms with E-state index in [2.05, 4.69) is 20.1 Å². The van der Waals surface area contributed by atoms with E-state index in [4.69, 9.17) is 9.15 Å². The largest absolute Gasteiger partial charge is 0.419 e. The Bertz CT molecular complexity index is 1030. The maximum atomic E-state index is 12.8. The number of ether oxygens (including phenoxy) is 1. The summed E-state index contributed by atoms with van der Waals surface area (Å²) in [6.07, 6.45) is 3.63. The Morgan fingerprint density at radius 1 is 1.10 bits per heavy atom. The maximum Gasteiger partial charge on any atom is 0.266 e. The monoisotopic (exact) mass is 407 g/mol. The van der Waals surface area contributed by atoms with Gasteiger partial charge >= 0.3 is 0 Å². The van der Waals surface area contributed by atoms with Crippen molar-refractivity contribution in [1.29, 1.82) is 0 Å². The third-order valence-corrected chi connectivity index (χ3v) is 5.90. The van der Waals surface area contributed by atoms with Gasteiger partial charge in [0.25, 0.3) is 5.89 Å². The summed E-state index contributed by atoms with van der Waals surface area (Å²) in [5.74, 6) is 1.24. The average molecular weight is 407 g/mol. The van der Waals surface area contributed by atoms with E-state index in [1.807, 2.05) is 35.2 Å². The number of carbonyl (C=O) groups is 1. The number of nitrogens with zero attached hydrogens (tertiary/aromatic N) is 5. The highest BCUT2D eigenvalue weighted by Crippen LogP contribution is 2.30. The van der Waals surface area contributed by atoms with E-state index in [1.165, 1.54) is 0 Å². The lowest BCUT2D eigenvalue weighted by molar-refractivity contribution is -0.134. The lowest BCUT2D eigenvalue weighted by atomic mass is 9.98. The lowest BCUT2D eigenvalue weighted by Gasteiger charge is -2.33. The lowest BCUT2D eigenvalue weighted by Crippen LogP contribution is -2.47. The predicted molar refractivity (Wildman–Crippen MR) is 111 cm³/mol. The summed E-state index contributed by atoms with van der Waals surface area (Å²) >= 11 is 0. The molecule has 0 bridgehead atoms. The minimum absolute atomic E-state index is 0.0589. The van der Waals surface area contributed by atoms with Crippen LogP contribution in [0.2, 0.25) is 0 Å². The second-order valence-electron chi connectivity index (χ2n) is 7.89. The van der Waals surface area contributed by atoms with Gasteiger partial charge < -0.3 is 14.1 Å². The highest BCUT2D eigenvalue weighted by molar-refractivity contribution is 5.92. The van der Waals surface area contributed by atoms with Crippen molar-refractivity contribution in [2.75, 3.05) is 45.9 Å². The third-order valence-electron chi connectivity index (χ3n) is 5.90. The number of pyridine rings is 1. The van der Waals surface area contributed by atoms with Gasteiger partial charge in [-0.15, -0.1) is 10.2 Å².